The standard InChI is InChI=1S/C9H12N4/c1-9(3-2-4-9)6-13-7-11-8(5-10)12-13/h7H,2-4,6H2,1H3. The summed E-state index contributed by atoms with van der Waals surface area (Å²) in [5.41, 5.74) is 0.389. The molecule has 0 aromatic carbocycles. The smallest absolute Gasteiger partial charge is 0.251 e. The first-order valence-electron chi connectivity index (χ1n) is 4.51. The highest BCUT2D eigenvalue weighted by Crippen LogP contribution is 2.41. The summed E-state index contributed by atoms with van der Waals surface area (Å²) in [6, 6.07) is 1.93. The van der Waals surface area contributed by atoms with Gasteiger partial charge in [0.15, 0.2) is 0 Å². The van der Waals surface area contributed by atoms with Crippen LogP contribution in [0.1, 0.15) is 32.0 Å². The third-order valence-electron chi connectivity index (χ3n) is 2.74. The number of nitriles is 1. The van der Waals surface area contributed by atoms with Crippen LogP contribution < -0.4 is 0 Å². The zero-order chi connectivity index (χ0) is 9.31. The maximum Gasteiger partial charge on any atom is 0.252 e. The summed E-state index contributed by atoms with van der Waals surface area (Å²) < 4.78 is 1.78. The molecule has 0 spiro atoms. The third kappa shape index (κ3) is 1.55. The summed E-state index contributed by atoms with van der Waals surface area (Å²) >= 11 is 0. The zero-order valence-electron chi connectivity index (χ0n) is 7.69. The lowest BCUT2D eigenvalue weighted by Crippen LogP contribution is -2.30. The second-order valence-corrected chi connectivity index (χ2v) is 4.04. The van der Waals surface area contributed by atoms with Gasteiger partial charge in [-0.2, -0.15) is 5.26 Å². The van der Waals surface area contributed by atoms with Crippen molar-refractivity contribution in [3.8, 4) is 6.07 Å². The van der Waals surface area contributed by atoms with E-state index in [0.29, 0.717) is 5.41 Å². The first kappa shape index (κ1) is 8.24. The fourth-order valence-electron chi connectivity index (χ4n) is 1.75. The van der Waals surface area contributed by atoms with Crippen LogP contribution >= 0.6 is 0 Å². The van der Waals surface area contributed by atoms with Crippen molar-refractivity contribution in [2.45, 2.75) is 32.7 Å². The van der Waals surface area contributed by atoms with E-state index in [4.69, 9.17) is 5.26 Å². The Labute approximate surface area is 77.2 Å². The van der Waals surface area contributed by atoms with Gasteiger partial charge in [0, 0.05) is 6.54 Å². The van der Waals surface area contributed by atoms with Gasteiger partial charge in [0.1, 0.15) is 12.4 Å². The van der Waals surface area contributed by atoms with Gasteiger partial charge in [0.2, 0.25) is 0 Å². The highest BCUT2D eigenvalue weighted by atomic mass is 15.3. The van der Waals surface area contributed by atoms with Crippen molar-refractivity contribution in [1.29, 1.82) is 5.26 Å². The quantitative estimate of drug-likeness (QED) is 0.683. The Balaban J connectivity index is 2.06. The van der Waals surface area contributed by atoms with E-state index in [9.17, 15) is 0 Å². The van der Waals surface area contributed by atoms with Gasteiger partial charge in [-0.05, 0) is 18.3 Å². The molecule has 4 nitrogen and oxygen atoms in total. The number of aromatic nitrogens is 3. The van der Waals surface area contributed by atoms with E-state index >= 15 is 0 Å². The lowest BCUT2D eigenvalue weighted by molar-refractivity contribution is 0.126. The highest BCUT2D eigenvalue weighted by molar-refractivity contribution is 5.05. The van der Waals surface area contributed by atoms with Crippen molar-refractivity contribution in [2.24, 2.45) is 5.41 Å². The van der Waals surface area contributed by atoms with Crippen LogP contribution in [0.4, 0.5) is 0 Å². The Morgan fingerprint density at radius 3 is 2.92 bits per heavy atom. The van der Waals surface area contributed by atoms with Crippen LogP contribution in [0.3, 0.4) is 0 Å². The summed E-state index contributed by atoms with van der Waals surface area (Å²) in [6.45, 7) is 3.14. The number of hydrogen-bond acceptors (Lipinski definition) is 3. The molecule has 4 heteroatoms. The van der Waals surface area contributed by atoms with Gasteiger partial charge >= 0.3 is 0 Å². The van der Waals surface area contributed by atoms with Gasteiger partial charge in [-0.25, -0.2) is 4.98 Å². The van der Waals surface area contributed by atoms with Gasteiger partial charge < -0.3 is 0 Å². The topological polar surface area (TPSA) is 54.5 Å². The fourth-order valence-corrected chi connectivity index (χ4v) is 1.75. The van der Waals surface area contributed by atoms with Gasteiger partial charge in [-0.3, -0.25) is 4.68 Å². The van der Waals surface area contributed by atoms with Crippen LogP contribution in [0.25, 0.3) is 0 Å². The number of nitrogens with zero attached hydrogens (tertiary/aromatic N) is 4. The molecule has 2 rings (SSSR count). The van der Waals surface area contributed by atoms with E-state index in [1.54, 1.807) is 11.0 Å². The average Bonchev–Trinajstić information content (AvgIpc) is 2.49. The zero-order valence-corrected chi connectivity index (χ0v) is 7.69. The Morgan fingerprint density at radius 2 is 2.46 bits per heavy atom. The molecule has 0 aliphatic heterocycles. The Morgan fingerprint density at radius 1 is 1.69 bits per heavy atom. The first-order valence-corrected chi connectivity index (χ1v) is 4.51. The molecule has 0 amide bonds. The van der Waals surface area contributed by atoms with Crippen LogP contribution in [0.5, 0.6) is 0 Å². The molecule has 0 N–H and O–H groups in total. The second kappa shape index (κ2) is 2.84. The van der Waals surface area contributed by atoms with E-state index in [2.05, 4.69) is 17.0 Å². The SMILES string of the molecule is CC1(Cn2cnc(C#N)n2)CCC1. The van der Waals surface area contributed by atoms with E-state index < -0.39 is 0 Å². The van der Waals surface area contributed by atoms with E-state index in [-0.39, 0.29) is 5.82 Å². The summed E-state index contributed by atoms with van der Waals surface area (Å²) in [5, 5.41) is 12.6. The molecule has 13 heavy (non-hydrogen) atoms. The molecule has 1 heterocycles. The molecule has 1 aliphatic rings. The lowest BCUT2D eigenvalue weighted by Gasteiger charge is -2.37. The minimum Gasteiger partial charge on any atom is -0.251 e. The van der Waals surface area contributed by atoms with Crippen LogP contribution in [0.15, 0.2) is 6.33 Å². The van der Waals surface area contributed by atoms with Crippen LogP contribution in [-0.2, 0) is 6.54 Å². The minimum absolute atomic E-state index is 0.267. The molecule has 0 saturated heterocycles. The van der Waals surface area contributed by atoms with E-state index in [0.717, 1.165) is 6.54 Å². The normalized spacial score (nSPS) is 19.1. The maximum absolute atomic E-state index is 8.53. The maximum atomic E-state index is 8.53. The molecule has 1 aromatic rings. The summed E-state index contributed by atoms with van der Waals surface area (Å²) in [4.78, 5) is 3.87. The summed E-state index contributed by atoms with van der Waals surface area (Å²) in [5.74, 6) is 0.267. The van der Waals surface area contributed by atoms with Crippen molar-refractivity contribution < 1.29 is 0 Å². The molecule has 1 fully saturated rings. The van der Waals surface area contributed by atoms with E-state index in [1.807, 2.05) is 6.07 Å². The van der Waals surface area contributed by atoms with Crippen LogP contribution in [0.2, 0.25) is 0 Å². The second-order valence-electron chi connectivity index (χ2n) is 4.04. The Bertz CT molecular complexity index is 343. The highest BCUT2D eigenvalue weighted by Gasteiger charge is 2.32. The fraction of sp³-hybridized carbons (Fsp3) is 0.667. The molecular weight excluding hydrogens is 164 g/mol. The Hall–Kier alpha value is -1.37. The van der Waals surface area contributed by atoms with Crippen molar-refractivity contribution in [3.63, 3.8) is 0 Å². The largest absolute Gasteiger partial charge is 0.252 e. The van der Waals surface area contributed by atoms with Crippen molar-refractivity contribution >= 4 is 0 Å². The number of hydrogen-bond donors (Lipinski definition) is 0. The van der Waals surface area contributed by atoms with Crippen molar-refractivity contribution in [3.05, 3.63) is 12.2 Å². The molecule has 1 aromatic heterocycles. The minimum atomic E-state index is 0.267. The molecule has 68 valence electrons. The predicted octanol–water partition coefficient (Wildman–Crippen LogP) is 1.34. The molecule has 0 unspecified atom stereocenters. The van der Waals surface area contributed by atoms with E-state index in [1.165, 1.54) is 19.3 Å². The molecule has 0 radical (unpaired) electrons. The molecular formula is C9H12N4. The van der Waals surface area contributed by atoms with Gasteiger partial charge in [0.25, 0.3) is 5.82 Å². The molecule has 1 aliphatic carbocycles. The monoisotopic (exact) mass is 176 g/mol. The van der Waals surface area contributed by atoms with Crippen LogP contribution in [-0.4, -0.2) is 14.8 Å². The van der Waals surface area contributed by atoms with Gasteiger partial charge in [-0.1, -0.05) is 13.3 Å². The summed E-state index contributed by atoms with van der Waals surface area (Å²) in [7, 11) is 0. The number of rotatable bonds is 2. The molecule has 0 bridgehead atoms. The van der Waals surface area contributed by atoms with Crippen molar-refractivity contribution in [2.75, 3.05) is 0 Å². The molecule has 1 saturated carbocycles. The van der Waals surface area contributed by atoms with Gasteiger partial charge in [0.05, 0.1) is 0 Å². The average molecular weight is 176 g/mol. The van der Waals surface area contributed by atoms with Crippen molar-refractivity contribution in [1.82, 2.24) is 14.8 Å². The third-order valence-corrected chi connectivity index (χ3v) is 2.74. The van der Waals surface area contributed by atoms with Gasteiger partial charge in [-0.15, -0.1) is 5.10 Å². The molecule has 0 atom stereocenters. The summed E-state index contributed by atoms with van der Waals surface area (Å²) in [6.07, 6.45) is 5.47. The van der Waals surface area contributed by atoms with Crippen LogP contribution in [0, 0.1) is 16.7 Å². The first-order chi connectivity index (χ1) is 6.22. The Kier molecular flexibility index (Phi) is 1.80. The predicted molar refractivity (Wildman–Crippen MR) is 46.7 cm³/mol. The lowest BCUT2D eigenvalue weighted by atomic mass is 9.70.